The first-order valence-corrected chi connectivity index (χ1v) is 11.3. The van der Waals surface area contributed by atoms with Gasteiger partial charge in [0.05, 0.1) is 0 Å². The van der Waals surface area contributed by atoms with Crippen molar-refractivity contribution in [3.05, 3.63) is 94.0 Å². The monoisotopic (exact) mass is 443 g/mol. The second kappa shape index (κ2) is 9.49. The molecule has 0 aromatic heterocycles. The Bertz CT molecular complexity index is 1130. The van der Waals surface area contributed by atoms with Gasteiger partial charge in [0, 0.05) is 5.92 Å². The molecule has 33 heavy (non-hydrogen) atoms. The SMILES string of the molecule is Cc1cc(C)c(CC[C@@H](NC(=O)OCC2c3ccccc3-c3ccccc32)C(=O)O)c(C)c1. The maximum atomic E-state index is 12.5. The summed E-state index contributed by atoms with van der Waals surface area (Å²) >= 11 is 0. The molecule has 170 valence electrons. The minimum Gasteiger partial charge on any atom is -0.480 e. The van der Waals surface area contributed by atoms with Crippen LogP contribution < -0.4 is 5.32 Å². The molecule has 2 N–H and O–H groups in total. The summed E-state index contributed by atoms with van der Waals surface area (Å²) in [6.45, 7) is 6.26. The fourth-order valence-corrected chi connectivity index (χ4v) is 4.93. The van der Waals surface area contributed by atoms with E-state index in [1.165, 1.54) is 5.56 Å². The number of carboxylic acid groups (broad SMARTS) is 1. The van der Waals surface area contributed by atoms with Crippen LogP contribution >= 0.6 is 0 Å². The molecule has 0 fully saturated rings. The smallest absolute Gasteiger partial charge is 0.407 e. The molecule has 4 rings (SSSR count). The van der Waals surface area contributed by atoms with Gasteiger partial charge in [-0.3, -0.25) is 0 Å². The molecule has 0 unspecified atom stereocenters. The van der Waals surface area contributed by atoms with Gasteiger partial charge in [-0.1, -0.05) is 66.2 Å². The lowest BCUT2D eigenvalue weighted by Gasteiger charge is -2.18. The summed E-state index contributed by atoms with van der Waals surface area (Å²) in [7, 11) is 0. The highest BCUT2D eigenvalue weighted by atomic mass is 16.5. The highest BCUT2D eigenvalue weighted by Crippen LogP contribution is 2.44. The third-order valence-electron chi connectivity index (χ3n) is 6.46. The van der Waals surface area contributed by atoms with Gasteiger partial charge >= 0.3 is 12.1 Å². The van der Waals surface area contributed by atoms with Gasteiger partial charge in [-0.15, -0.1) is 0 Å². The Morgan fingerprint density at radius 3 is 2.03 bits per heavy atom. The number of rotatable bonds is 7. The molecule has 0 bridgehead atoms. The number of ether oxygens (including phenoxy) is 1. The van der Waals surface area contributed by atoms with Crippen molar-refractivity contribution in [3.63, 3.8) is 0 Å². The number of aliphatic carboxylic acids is 1. The molecule has 1 atom stereocenters. The van der Waals surface area contributed by atoms with Gasteiger partial charge in [-0.05, 0) is 72.6 Å². The first kappa shape index (κ1) is 22.6. The predicted octanol–water partition coefficient (Wildman–Crippen LogP) is 5.54. The summed E-state index contributed by atoms with van der Waals surface area (Å²) in [6.07, 6.45) is 0.157. The summed E-state index contributed by atoms with van der Waals surface area (Å²) in [5.41, 5.74) is 9.11. The van der Waals surface area contributed by atoms with E-state index in [1.807, 2.05) is 57.2 Å². The normalized spacial score (nSPS) is 13.2. The molecule has 0 saturated heterocycles. The average molecular weight is 444 g/mol. The van der Waals surface area contributed by atoms with Gasteiger partial charge in [0.15, 0.2) is 0 Å². The molecule has 0 heterocycles. The van der Waals surface area contributed by atoms with Crippen LogP contribution in [0.4, 0.5) is 4.79 Å². The topological polar surface area (TPSA) is 75.6 Å². The molecule has 1 aliphatic carbocycles. The number of hydrogen-bond acceptors (Lipinski definition) is 3. The van der Waals surface area contributed by atoms with E-state index in [1.54, 1.807) is 0 Å². The van der Waals surface area contributed by atoms with E-state index < -0.39 is 18.1 Å². The Morgan fingerprint density at radius 2 is 1.48 bits per heavy atom. The van der Waals surface area contributed by atoms with Crippen LogP contribution in [-0.4, -0.2) is 29.8 Å². The number of fused-ring (bicyclic) bond motifs is 3. The number of aryl methyl sites for hydroxylation is 3. The minimum atomic E-state index is -1.06. The maximum absolute atomic E-state index is 12.5. The zero-order valence-corrected chi connectivity index (χ0v) is 19.2. The van der Waals surface area contributed by atoms with Crippen LogP contribution in [0, 0.1) is 20.8 Å². The van der Waals surface area contributed by atoms with Gasteiger partial charge < -0.3 is 15.2 Å². The molecule has 0 spiro atoms. The van der Waals surface area contributed by atoms with Crippen LogP contribution in [0.3, 0.4) is 0 Å². The van der Waals surface area contributed by atoms with E-state index in [9.17, 15) is 14.7 Å². The zero-order chi connectivity index (χ0) is 23.5. The second-order valence-corrected chi connectivity index (χ2v) is 8.78. The van der Waals surface area contributed by atoms with E-state index in [0.717, 1.165) is 38.9 Å². The lowest BCUT2D eigenvalue weighted by molar-refractivity contribution is -0.139. The third-order valence-corrected chi connectivity index (χ3v) is 6.46. The van der Waals surface area contributed by atoms with Crippen molar-refractivity contribution in [2.24, 2.45) is 0 Å². The fourth-order valence-electron chi connectivity index (χ4n) is 4.93. The van der Waals surface area contributed by atoms with Gasteiger partial charge in [-0.2, -0.15) is 0 Å². The zero-order valence-electron chi connectivity index (χ0n) is 19.2. The number of benzene rings is 3. The number of carbonyl (C=O) groups is 2. The summed E-state index contributed by atoms with van der Waals surface area (Å²) in [5.74, 6) is -1.13. The molecule has 0 saturated carbocycles. The predicted molar refractivity (Wildman–Crippen MR) is 129 cm³/mol. The lowest BCUT2D eigenvalue weighted by atomic mass is 9.94. The first-order chi connectivity index (χ1) is 15.8. The number of nitrogens with one attached hydrogen (secondary N) is 1. The third kappa shape index (κ3) is 4.77. The Labute approximate surface area is 194 Å². The Hall–Kier alpha value is -3.60. The fraction of sp³-hybridized carbons (Fsp3) is 0.286. The quantitative estimate of drug-likeness (QED) is 0.503. The Morgan fingerprint density at radius 1 is 0.939 bits per heavy atom. The van der Waals surface area contributed by atoms with Crippen molar-refractivity contribution in [1.82, 2.24) is 5.32 Å². The van der Waals surface area contributed by atoms with Gasteiger partial charge in [0.2, 0.25) is 0 Å². The number of alkyl carbamates (subject to hydrolysis) is 1. The summed E-state index contributed by atoms with van der Waals surface area (Å²) < 4.78 is 5.52. The number of carbonyl (C=O) groups excluding carboxylic acids is 1. The van der Waals surface area contributed by atoms with Crippen molar-refractivity contribution < 1.29 is 19.4 Å². The van der Waals surface area contributed by atoms with Crippen molar-refractivity contribution in [2.45, 2.75) is 45.6 Å². The van der Waals surface area contributed by atoms with Crippen molar-refractivity contribution >= 4 is 12.1 Å². The highest BCUT2D eigenvalue weighted by molar-refractivity contribution is 5.81. The van der Waals surface area contributed by atoms with Crippen LogP contribution in [0.1, 0.15) is 45.7 Å². The average Bonchev–Trinajstić information content (AvgIpc) is 3.10. The lowest BCUT2D eigenvalue weighted by Crippen LogP contribution is -2.41. The van der Waals surface area contributed by atoms with Gasteiger partial charge in [0.25, 0.3) is 0 Å². The molecule has 5 heteroatoms. The van der Waals surface area contributed by atoms with Crippen LogP contribution in [-0.2, 0) is 16.0 Å². The molecular weight excluding hydrogens is 414 g/mol. The van der Waals surface area contributed by atoms with Crippen molar-refractivity contribution in [2.75, 3.05) is 6.61 Å². The van der Waals surface area contributed by atoms with Gasteiger partial charge in [0.1, 0.15) is 12.6 Å². The standard InChI is InChI=1S/C28H29NO4/c1-17-14-18(2)20(19(3)15-17)12-13-26(27(30)31)29-28(32)33-16-25-23-10-6-4-8-21(23)22-9-5-7-11-24(22)25/h4-11,14-15,25-26H,12-13,16H2,1-3H3,(H,29,32)(H,30,31)/t26-/m1/s1. The van der Waals surface area contributed by atoms with Crippen LogP contribution in [0.25, 0.3) is 11.1 Å². The molecular formula is C28H29NO4. The van der Waals surface area contributed by atoms with E-state index in [2.05, 4.69) is 29.6 Å². The van der Waals surface area contributed by atoms with E-state index in [-0.39, 0.29) is 12.5 Å². The first-order valence-electron chi connectivity index (χ1n) is 11.3. The minimum absolute atomic E-state index is 0.0655. The second-order valence-electron chi connectivity index (χ2n) is 8.78. The molecule has 0 aliphatic heterocycles. The van der Waals surface area contributed by atoms with E-state index >= 15 is 0 Å². The summed E-state index contributed by atoms with van der Waals surface area (Å²) in [4.78, 5) is 24.3. The molecule has 1 aliphatic rings. The largest absolute Gasteiger partial charge is 0.480 e. The van der Waals surface area contributed by atoms with E-state index in [0.29, 0.717) is 12.8 Å². The number of hydrogen-bond donors (Lipinski definition) is 2. The summed E-state index contributed by atoms with van der Waals surface area (Å²) in [6, 6.07) is 19.4. The van der Waals surface area contributed by atoms with E-state index in [4.69, 9.17) is 4.74 Å². The van der Waals surface area contributed by atoms with Crippen LogP contribution in [0.2, 0.25) is 0 Å². The van der Waals surface area contributed by atoms with Gasteiger partial charge in [-0.25, -0.2) is 9.59 Å². The molecule has 3 aromatic rings. The summed E-state index contributed by atoms with van der Waals surface area (Å²) in [5, 5.41) is 12.2. The number of amides is 1. The molecule has 1 amide bonds. The van der Waals surface area contributed by atoms with Crippen molar-refractivity contribution in [3.8, 4) is 11.1 Å². The number of carboxylic acids is 1. The molecule has 3 aromatic carbocycles. The maximum Gasteiger partial charge on any atom is 0.407 e. The van der Waals surface area contributed by atoms with Crippen LogP contribution in [0.5, 0.6) is 0 Å². The Kier molecular flexibility index (Phi) is 6.50. The Balaban J connectivity index is 1.40. The van der Waals surface area contributed by atoms with Crippen LogP contribution in [0.15, 0.2) is 60.7 Å². The highest BCUT2D eigenvalue weighted by Gasteiger charge is 2.29. The van der Waals surface area contributed by atoms with Crippen molar-refractivity contribution in [1.29, 1.82) is 0 Å². The molecule has 5 nitrogen and oxygen atoms in total. The molecule has 0 radical (unpaired) electrons.